The van der Waals surface area contributed by atoms with Crippen LogP contribution in [-0.4, -0.2) is 21.5 Å². The van der Waals surface area contributed by atoms with E-state index in [0.29, 0.717) is 0 Å². The molecule has 1 heterocycles. The fraction of sp³-hybridized carbons (Fsp3) is 0.214. The molecule has 0 bridgehead atoms. The molecule has 0 fully saturated rings. The molecule has 0 aliphatic carbocycles. The van der Waals surface area contributed by atoms with Crippen LogP contribution in [0.1, 0.15) is 22.8 Å². The van der Waals surface area contributed by atoms with Gasteiger partial charge in [0.25, 0.3) is 10.0 Å². The Morgan fingerprint density at radius 3 is 2.48 bits per heavy atom. The fourth-order valence-electron chi connectivity index (χ4n) is 1.75. The molecule has 7 heteroatoms. The third-order valence-corrected chi connectivity index (χ3v) is 5.08. The number of hydrogen-bond acceptors (Lipinski definition) is 5. The van der Waals surface area contributed by atoms with Gasteiger partial charge in [-0.1, -0.05) is 19.1 Å². The Morgan fingerprint density at radius 1 is 1.24 bits per heavy atom. The number of anilines is 1. The molecule has 0 saturated carbocycles. The normalized spacial score (nSPS) is 11.1. The number of esters is 1. The Hall–Kier alpha value is -1.86. The highest BCUT2D eigenvalue weighted by molar-refractivity contribution is 7.92. The van der Waals surface area contributed by atoms with E-state index in [2.05, 4.69) is 9.46 Å². The molecule has 1 aromatic carbocycles. The number of methoxy groups -OCH3 is 1. The quantitative estimate of drug-likeness (QED) is 0.858. The number of aryl methyl sites for hydroxylation is 1. The number of rotatable bonds is 5. The molecule has 0 aliphatic rings. The molecular weight excluding hydrogens is 310 g/mol. The number of thiophene rings is 1. The minimum Gasteiger partial charge on any atom is -0.465 e. The van der Waals surface area contributed by atoms with Gasteiger partial charge in [0.2, 0.25) is 0 Å². The lowest BCUT2D eigenvalue weighted by Gasteiger charge is -2.08. The Balaban J connectivity index is 2.29. The van der Waals surface area contributed by atoms with E-state index in [1.807, 2.05) is 6.92 Å². The van der Waals surface area contributed by atoms with Gasteiger partial charge in [-0.3, -0.25) is 4.72 Å². The maximum absolute atomic E-state index is 12.3. The standard InChI is InChI=1S/C14H15NO4S2/c1-3-10-4-6-11(7-5-10)21(17,18)15-13-9-20-8-12(13)14(16)19-2/h4-9,15H,3H2,1-2H3. The Morgan fingerprint density at radius 2 is 1.90 bits per heavy atom. The van der Waals surface area contributed by atoms with E-state index in [0.717, 1.165) is 12.0 Å². The number of sulfonamides is 1. The fourth-order valence-corrected chi connectivity index (χ4v) is 3.65. The predicted molar refractivity (Wildman–Crippen MR) is 82.3 cm³/mol. The second-order valence-electron chi connectivity index (χ2n) is 4.29. The van der Waals surface area contributed by atoms with Gasteiger partial charge in [0, 0.05) is 10.8 Å². The number of carbonyl (C=O) groups is 1. The van der Waals surface area contributed by atoms with E-state index in [4.69, 9.17) is 0 Å². The number of carbonyl (C=O) groups excluding carboxylic acids is 1. The molecule has 0 atom stereocenters. The van der Waals surface area contributed by atoms with Crippen molar-refractivity contribution in [1.29, 1.82) is 0 Å². The van der Waals surface area contributed by atoms with Gasteiger partial charge in [0.15, 0.2) is 0 Å². The van der Waals surface area contributed by atoms with Crippen LogP contribution in [0.4, 0.5) is 5.69 Å². The summed E-state index contributed by atoms with van der Waals surface area (Å²) >= 11 is 1.22. The van der Waals surface area contributed by atoms with Crippen molar-refractivity contribution in [3.63, 3.8) is 0 Å². The summed E-state index contributed by atoms with van der Waals surface area (Å²) in [6.07, 6.45) is 0.838. The van der Waals surface area contributed by atoms with Crippen molar-refractivity contribution in [2.24, 2.45) is 0 Å². The minimum atomic E-state index is -3.72. The van der Waals surface area contributed by atoms with Gasteiger partial charge >= 0.3 is 5.97 Å². The highest BCUT2D eigenvalue weighted by Gasteiger charge is 2.19. The van der Waals surface area contributed by atoms with Crippen LogP contribution in [0, 0.1) is 0 Å². The molecule has 0 spiro atoms. The lowest BCUT2D eigenvalue weighted by molar-refractivity contribution is 0.0602. The van der Waals surface area contributed by atoms with E-state index in [1.165, 1.54) is 18.4 Å². The topological polar surface area (TPSA) is 72.5 Å². The van der Waals surface area contributed by atoms with Crippen LogP contribution in [-0.2, 0) is 21.2 Å². The average Bonchev–Trinajstić information content (AvgIpc) is 2.94. The molecule has 21 heavy (non-hydrogen) atoms. The number of nitrogens with one attached hydrogen (secondary N) is 1. The third kappa shape index (κ3) is 3.43. The van der Waals surface area contributed by atoms with E-state index < -0.39 is 16.0 Å². The molecule has 2 rings (SSSR count). The zero-order valence-electron chi connectivity index (χ0n) is 11.6. The van der Waals surface area contributed by atoms with Crippen LogP contribution >= 0.6 is 11.3 Å². The molecule has 5 nitrogen and oxygen atoms in total. The molecule has 1 aromatic heterocycles. The lowest BCUT2D eigenvalue weighted by atomic mass is 10.2. The highest BCUT2D eigenvalue weighted by atomic mass is 32.2. The van der Waals surface area contributed by atoms with Crippen molar-refractivity contribution in [2.75, 3.05) is 11.8 Å². The summed E-state index contributed by atoms with van der Waals surface area (Å²) in [5.74, 6) is -0.574. The molecule has 112 valence electrons. The van der Waals surface area contributed by atoms with E-state index in [9.17, 15) is 13.2 Å². The molecule has 0 unspecified atom stereocenters. The smallest absolute Gasteiger partial charge is 0.340 e. The first-order valence-corrected chi connectivity index (χ1v) is 8.66. The van der Waals surface area contributed by atoms with Gasteiger partial charge in [0.05, 0.1) is 23.3 Å². The van der Waals surface area contributed by atoms with Gasteiger partial charge < -0.3 is 4.74 Å². The summed E-state index contributed by atoms with van der Waals surface area (Å²) < 4.78 is 31.6. The summed E-state index contributed by atoms with van der Waals surface area (Å²) in [5, 5.41) is 3.11. The van der Waals surface area contributed by atoms with Crippen LogP contribution in [0.25, 0.3) is 0 Å². The average molecular weight is 325 g/mol. The van der Waals surface area contributed by atoms with E-state index in [1.54, 1.807) is 35.0 Å². The largest absolute Gasteiger partial charge is 0.465 e. The second-order valence-corrected chi connectivity index (χ2v) is 6.72. The Kier molecular flexibility index (Phi) is 4.64. The maximum atomic E-state index is 12.3. The predicted octanol–water partition coefficient (Wildman–Crippen LogP) is 2.90. The summed E-state index contributed by atoms with van der Waals surface area (Å²) in [7, 11) is -2.47. The molecule has 0 amide bonds. The van der Waals surface area contributed by atoms with Gasteiger partial charge in [-0.25, -0.2) is 13.2 Å². The molecule has 0 saturated heterocycles. The van der Waals surface area contributed by atoms with Crippen molar-refractivity contribution in [3.05, 3.63) is 46.2 Å². The van der Waals surface area contributed by atoms with E-state index in [-0.39, 0.29) is 16.1 Å². The van der Waals surface area contributed by atoms with Gasteiger partial charge in [-0.15, -0.1) is 11.3 Å². The van der Waals surface area contributed by atoms with Gasteiger partial charge in [-0.2, -0.15) is 0 Å². The first-order valence-electron chi connectivity index (χ1n) is 6.24. The molecule has 0 radical (unpaired) electrons. The van der Waals surface area contributed by atoms with Crippen LogP contribution in [0.15, 0.2) is 39.9 Å². The Bertz CT molecular complexity index is 733. The summed E-state index contributed by atoms with van der Waals surface area (Å²) in [6, 6.07) is 6.63. The number of ether oxygens (including phenoxy) is 1. The highest BCUT2D eigenvalue weighted by Crippen LogP contribution is 2.25. The van der Waals surface area contributed by atoms with Gasteiger partial charge in [-0.05, 0) is 24.1 Å². The summed E-state index contributed by atoms with van der Waals surface area (Å²) in [5.41, 5.74) is 1.49. The molecule has 2 aromatic rings. The monoisotopic (exact) mass is 325 g/mol. The molecular formula is C14H15NO4S2. The number of hydrogen-bond donors (Lipinski definition) is 1. The van der Waals surface area contributed by atoms with Crippen LogP contribution in [0.5, 0.6) is 0 Å². The summed E-state index contributed by atoms with van der Waals surface area (Å²) in [6.45, 7) is 2.00. The SMILES string of the molecule is CCc1ccc(S(=O)(=O)Nc2cscc2C(=O)OC)cc1. The minimum absolute atomic E-state index is 0.154. The molecule has 0 aliphatic heterocycles. The third-order valence-electron chi connectivity index (χ3n) is 2.95. The first-order chi connectivity index (χ1) is 9.97. The van der Waals surface area contributed by atoms with Crippen molar-refractivity contribution in [2.45, 2.75) is 18.2 Å². The van der Waals surface area contributed by atoms with Crippen molar-refractivity contribution >= 4 is 33.0 Å². The second kappa shape index (κ2) is 6.28. The van der Waals surface area contributed by atoms with Crippen LogP contribution in [0.2, 0.25) is 0 Å². The zero-order valence-corrected chi connectivity index (χ0v) is 13.3. The van der Waals surface area contributed by atoms with Gasteiger partial charge in [0.1, 0.15) is 0 Å². The zero-order chi connectivity index (χ0) is 15.5. The van der Waals surface area contributed by atoms with Crippen molar-refractivity contribution in [1.82, 2.24) is 0 Å². The van der Waals surface area contributed by atoms with Crippen LogP contribution in [0.3, 0.4) is 0 Å². The lowest BCUT2D eigenvalue weighted by Crippen LogP contribution is -2.15. The maximum Gasteiger partial charge on any atom is 0.340 e. The van der Waals surface area contributed by atoms with Crippen LogP contribution < -0.4 is 4.72 Å². The number of benzene rings is 1. The van der Waals surface area contributed by atoms with Crippen molar-refractivity contribution < 1.29 is 17.9 Å². The van der Waals surface area contributed by atoms with Crippen molar-refractivity contribution in [3.8, 4) is 0 Å². The first kappa shape index (κ1) is 15.5. The Labute approximate surface area is 127 Å². The summed E-state index contributed by atoms with van der Waals surface area (Å²) in [4.78, 5) is 11.7. The van der Waals surface area contributed by atoms with E-state index >= 15 is 0 Å². The molecule has 1 N–H and O–H groups in total.